The van der Waals surface area contributed by atoms with Crippen molar-refractivity contribution in [2.24, 2.45) is 0 Å². The van der Waals surface area contributed by atoms with Crippen molar-refractivity contribution in [2.45, 2.75) is 6.92 Å². The minimum Gasteiger partial charge on any atom is -0.480 e. The summed E-state index contributed by atoms with van der Waals surface area (Å²) in [6.45, 7) is 1.87. The van der Waals surface area contributed by atoms with E-state index in [9.17, 15) is 0 Å². The summed E-state index contributed by atoms with van der Waals surface area (Å²) in [4.78, 5) is 8.48. The molecule has 0 aliphatic rings. The molecular weight excluding hydrogens is 354 g/mol. The van der Waals surface area contributed by atoms with Crippen LogP contribution in [-0.2, 0) is 0 Å². The SMILES string of the molecule is COc1ccc(-c2nc(C)c(I)c(Cl)n2)nn1. The van der Waals surface area contributed by atoms with Crippen LogP contribution in [0.2, 0.25) is 5.15 Å². The van der Waals surface area contributed by atoms with E-state index < -0.39 is 0 Å². The standard InChI is InChI=1S/C10H8ClIN4O/c1-5-8(12)9(11)14-10(13-5)6-3-4-7(17-2)16-15-6/h3-4H,1-2H3. The lowest BCUT2D eigenvalue weighted by Gasteiger charge is -2.04. The van der Waals surface area contributed by atoms with E-state index in [1.165, 1.54) is 7.11 Å². The molecule has 0 aliphatic carbocycles. The fraction of sp³-hybridized carbons (Fsp3) is 0.200. The third-order valence-corrected chi connectivity index (χ3v) is 3.94. The van der Waals surface area contributed by atoms with Crippen molar-refractivity contribution < 1.29 is 4.74 Å². The highest BCUT2D eigenvalue weighted by atomic mass is 127. The Morgan fingerprint density at radius 3 is 2.53 bits per heavy atom. The minimum absolute atomic E-state index is 0.422. The van der Waals surface area contributed by atoms with Gasteiger partial charge in [0.1, 0.15) is 10.8 Å². The summed E-state index contributed by atoms with van der Waals surface area (Å²) >= 11 is 8.10. The number of ether oxygens (including phenoxy) is 1. The molecule has 2 aromatic rings. The Labute approximate surface area is 117 Å². The smallest absolute Gasteiger partial charge is 0.233 e. The normalized spacial score (nSPS) is 10.4. The van der Waals surface area contributed by atoms with Gasteiger partial charge in [-0.2, -0.15) is 0 Å². The average molecular weight is 363 g/mol. The van der Waals surface area contributed by atoms with E-state index in [0.717, 1.165) is 9.26 Å². The van der Waals surface area contributed by atoms with E-state index in [1.54, 1.807) is 12.1 Å². The first-order valence-electron chi connectivity index (χ1n) is 4.69. The molecule has 2 heterocycles. The van der Waals surface area contributed by atoms with Crippen LogP contribution in [0.15, 0.2) is 12.1 Å². The zero-order valence-corrected chi connectivity index (χ0v) is 12.0. The van der Waals surface area contributed by atoms with Crippen LogP contribution in [-0.4, -0.2) is 27.3 Å². The molecule has 0 amide bonds. The van der Waals surface area contributed by atoms with Crippen LogP contribution in [0.25, 0.3) is 11.5 Å². The number of nitrogens with zero attached hydrogens (tertiary/aromatic N) is 4. The van der Waals surface area contributed by atoms with Gasteiger partial charge in [0.25, 0.3) is 0 Å². The highest BCUT2D eigenvalue weighted by molar-refractivity contribution is 14.1. The first kappa shape index (κ1) is 12.4. The molecule has 0 spiro atoms. The molecule has 0 aromatic carbocycles. The molecule has 0 saturated heterocycles. The Morgan fingerprint density at radius 1 is 1.24 bits per heavy atom. The van der Waals surface area contributed by atoms with Gasteiger partial charge in [-0.3, -0.25) is 0 Å². The number of rotatable bonds is 2. The topological polar surface area (TPSA) is 60.8 Å². The zero-order valence-electron chi connectivity index (χ0n) is 9.11. The molecule has 0 atom stereocenters. The lowest BCUT2D eigenvalue weighted by molar-refractivity contribution is 0.392. The maximum absolute atomic E-state index is 6.00. The van der Waals surface area contributed by atoms with Gasteiger partial charge in [0.15, 0.2) is 5.82 Å². The van der Waals surface area contributed by atoms with Crippen molar-refractivity contribution in [3.63, 3.8) is 0 Å². The molecule has 17 heavy (non-hydrogen) atoms. The van der Waals surface area contributed by atoms with Crippen molar-refractivity contribution in [2.75, 3.05) is 7.11 Å². The number of aryl methyl sites for hydroxylation is 1. The van der Waals surface area contributed by atoms with Crippen molar-refractivity contribution >= 4 is 34.2 Å². The number of hydrogen-bond donors (Lipinski definition) is 0. The second-order valence-electron chi connectivity index (χ2n) is 3.20. The molecule has 0 fully saturated rings. The van der Waals surface area contributed by atoms with Gasteiger partial charge >= 0.3 is 0 Å². The molecule has 0 unspecified atom stereocenters. The van der Waals surface area contributed by atoms with E-state index in [-0.39, 0.29) is 0 Å². The van der Waals surface area contributed by atoms with Crippen LogP contribution in [0.5, 0.6) is 5.88 Å². The minimum atomic E-state index is 0.422. The van der Waals surface area contributed by atoms with E-state index in [2.05, 4.69) is 42.8 Å². The van der Waals surface area contributed by atoms with E-state index in [4.69, 9.17) is 16.3 Å². The number of hydrogen-bond acceptors (Lipinski definition) is 5. The Hall–Kier alpha value is -1.02. The molecule has 88 valence electrons. The number of methoxy groups -OCH3 is 1. The molecule has 0 aliphatic heterocycles. The summed E-state index contributed by atoms with van der Waals surface area (Å²) in [5.74, 6) is 0.908. The molecule has 0 bridgehead atoms. The third-order valence-electron chi connectivity index (χ3n) is 2.05. The molecule has 5 nitrogen and oxygen atoms in total. The first-order chi connectivity index (χ1) is 8.11. The van der Waals surface area contributed by atoms with Crippen molar-refractivity contribution in [1.29, 1.82) is 0 Å². The summed E-state index contributed by atoms with van der Waals surface area (Å²) in [5, 5.41) is 8.25. The van der Waals surface area contributed by atoms with Crippen LogP contribution < -0.4 is 4.74 Å². The molecule has 2 aromatic heterocycles. The molecule has 2 rings (SSSR count). The van der Waals surface area contributed by atoms with Gasteiger partial charge in [-0.25, -0.2) is 9.97 Å². The first-order valence-corrected chi connectivity index (χ1v) is 6.15. The number of aromatic nitrogens is 4. The third kappa shape index (κ3) is 2.63. The lowest BCUT2D eigenvalue weighted by Crippen LogP contribution is -1.99. The maximum Gasteiger partial charge on any atom is 0.233 e. The summed E-state index contributed by atoms with van der Waals surface area (Å²) in [6.07, 6.45) is 0. The van der Waals surface area contributed by atoms with Gasteiger partial charge in [-0.15, -0.1) is 10.2 Å². The van der Waals surface area contributed by atoms with E-state index in [1.807, 2.05) is 6.92 Å². The Bertz CT molecular complexity index is 523. The maximum atomic E-state index is 6.00. The predicted octanol–water partition coefficient (Wildman–Crippen LogP) is 2.51. The summed E-state index contributed by atoms with van der Waals surface area (Å²) < 4.78 is 5.77. The highest BCUT2D eigenvalue weighted by Crippen LogP contribution is 2.22. The zero-order chi connectivity index (χ0) is 12.4. The van der Waals surface area contributed by atoms with E-state index in [0.29, 0.717) is 22.6 Å². The number of halogens is 2. The average Bonchev–Trinajstić information content (AvgIpc) is 2.35. The Morgan fingerprint density at radius 2 is 2.00 bits per heavy atom. The molecular formula is C10H8ClIN4O. The monoisotopic (exact) mass is 362 g/mol. The summed E-state index contributed by atoms with van der Waals surface area (Å²) in [5.41, 5.74) is 1.38. The van der Waals surface area contributed by atoms with Crippen molar-refractivity contribution in [3.05, 3.63) is 26.5 Å². The van der Waals surface area contributed by atoms with E-state index >= 15 is 0 Å². The van der Waals surface area contributed by atoms with Crippen molar-refractivity contribution in [3.8, 4) is 17.4 Å². The van der Waals surface area contributed by atoms with Crippen LogP contribution in [0.3, 0.4) is 0 Å². The Balaban J connectivity index is 2.45. The van der Waals surface area contributed by atoms with Crippen LogP contribution >= 0.6 is 34.2 Å². The van der Waals surface area contributed by atoms with Gasteiger partial charge in [-0.1, -0.05) is 11.6 Å². The van der Waals surface area contributed by atoms with Crippen LogP contribution in [0.4, 0.5) is 0 Å². The van der Waals surface area contributed by atoms with Gasteiger partial charge in [0.05, 0.1) is 16.4 Å². The fourth-order valence-corrected chi connectivity index (χ4v) is 1.64. The van der Waals surface area contributed by atoms with Gasteiger partial charge < -0.3 is 4.74 Å². The molecule has 0 N–H and O–H groups in total. The second-order valence-corrected chi connectivity index (χ2v) is 4.64. The largest absolute Gasteiger partial charge is 0.480 e. The quantitative estimate of drug-likeness (QED) is 0.607. The van der Waals surface area contributed by atoms with Crippen LogP contribution in [0.1, 0.15) is 5.69 Å². The fourth-order valence-electron chi connectivity index (χ4n) is 1.19. The van der Waals surface area contributed by atoms with Gasteiger partial charge in [0.2, 0.25) is 5.88 Å². The summed E-state index contributed by atoms with van der Waals surface area (Å²) in [6, 6.07) is 3.44. The second kappa shape index (κ2) is 5.09. The summed E-state index contributed by atoms with van der Waals surface area (Å²) in [7, 11) is 1.53. The molecule has 0 saturated carbocycles. The Kier molecular flexibility index (Phi) is 3.72. The van der Waals surface area contributed by atoms with Crippen molar-refractivity contribution in [1.82, 2.24) is 20.2 Å². The lowest BCUT2D eigenvalue weighted by atomic mass is 10.3. The molecule has 7 heteroatoms. The molecule has 0 radical (unpaired) electrons. The van der Waals surface area contributed by atoms with Gasteiger partial charge in [0, 0.05) is 6.07 Å². The van der Waals surface area contributed by atoms with Crippen LogP contribution in [0, 0.1) is 10.5 Å². The predicted molar refractivity (Wildman–Crippen MR) is 72.1 cm³/mol. The van der Waals surface area contributed by atoms with Gasteiger partial charge in [-0.05, 0) is 35.6 Å². The highest BCUT2D eigenvalue weighted by Gasteiger charge is 2.10.